The molecular weight excluding hydrogens is 338 g/mol. The van der Waals surface area contributed by atoms with E-state index in [0.29, 0.717) is 24.3 Å². The fourth-order valence-corrected chi connectivity index (χ4v) is 5.97. The second-order valence-corrected chi connectivity index (χ2v) is 9.13. The molecule has 0 N–H and O–H groups in total. The molecule has 0 radical (unpaired) electrons. The van der Waals surface area contributed by atoms with Gasteiger partial charge in [-0.1, -0.05) is 12.8 Å². The van der Waals surface area contributed by atoms with Crippen molar-refractivity contribution >= 4 is 15.9 Å². The predicted molar refractivity (Wildman–Crippen MR) is 97.3 cm³/mol. The summed E-state index contributed by atoms with van der Waals surface area (Å²) >= 11 is 0. The first-order valence-corrected chi connectivity index (χ1v) is 10.7. The SMILES string of the molecule is Cc1c(C(=O)N2CCCC2)c(S(=O)(=O)N2CCCCCC2)c(C)n1C. The normalized spacial score (nSPS) is 20.0. The highest BCUT2D eigenvalue weighted by Gasteiger charge is 2.36. The molecule has 0 atom stereocenters. The van der Waals surface area contributed by atoms with Crippen LogP contribution in [0.15, 0.2) is 4.90 Å². The van der Waals surface area contributed by atoms with Crippen LogP contribution in [0.25, 0.3) is 0 Å². The zero-order valence-electron chi connectivity index (χ0n) is 15.5. The Labute approximate surface area is 150 Å². The Bertz CT molecular complexity index is 753. The molecule has 2 aliphatic heterocycles. The number of carbonyl (C=O) groups excluding carboxylic acids is 1. The molecule has 0 unspecified atom stereocenters. The van der Waals surface area contributed by atoms with E-state index < -0.39 is 10.0 Å². The zero-order valence-corrected chi connectivity index (χ0v) is 16.4. The van der Waals surface area contributed by atoms with Crippen LogP contribution in [-0.2, 0) is 17.1 Å². The maximum absolute atomic E-state index is 13.4. The van der Waals surface area contributed by atoms with Gasteiger partial charge >= 0.3 is 0 Å². The molecule has 1 aromatic heterocycles. The van der Waals surface area contributed by atoms with Crippen molar-refractivity contribution in [2.75, 3.05) is 26.2 Å². The van der Waals surface area contributed by atoms with Crippen molar-refractivity contribution in [3.63, 3.8) is 0 Å². The van der Waals surface area contributed by atoms with Crippen LogP contribution in [0.1, 0.15) is 60.3 Å². The summed E-state index contributed by atoms with van der Waals surface area (Å²) in [7, 11) is -1.82. The highest BCUT2D eigenvalue weighted by molar-refractivity contribution is 7.89. The number of nitrogens with zero attached hydrogens (tertiary/aromatic N) is 3. The van der Waals surface area contributed by atoms with Gasteiger partial charge in [0.1, 0.15) is 4.90 Å². The first kappa shape index (κ1) is 18.5. The molecule has 2 fully saturated rings. The van der Waals surface area contributed by atoms with E-state index in [1.165, 1.54) is 0 Å². The Hall–Kier alpha value is -1.34. The quantitative estimate of drug-likeness (QED) is 0.824. The first-order valence-electron chi connectivity index (χ1n) is 9.31. The summed E-state index contributed by atoms with van der Waals surface area (Å²) < 4.78 is 30.2. The van der Waals surface area contributed by atoms with Gasteiger partial charge in [0.05, 0.1) is 5.56 Å². The van der Waals surface area contributed by atoms with E-state index >= 15 is 0 Å². The maximum Gasteiger partial charge on any atom is 0.257 e. The van der Waals surface area contributed by atoms with Gasteiger partial charge in [0.25, 0.3) is 5.91 Å². The van der Waals surface area contributed by atoms with Crippen LogP contribution < -0.4 is 0 Å². The summed E-state index contributed by atoms with van der Waals surface area (Å²) in [6.07, 6.45) is 5.89. The largest absolute Gasteiger partial charge is 0.350 e. The van der Waals surface area contributed by atoms with E-state index in [0.717, 1.165) is 57.3 Å². The Morgan fingerprint density at radius 3 is 1.92 bits per heavy atom. The topological polar surface area (TPSA) is 62.6 Å². The molecule has 0 aliphatic carbocycles. The van der Waals surface area contributed by atoms with Crippen LogP contribution >= 0.6 is 0 Å². The molecule has 2 saturated heterocycles. The summed E-state index contributed by atoms with van der Waals surface area (Å²) in [5.41, 5.74) is 1.78. The van der Waals surface area contributed by atoms with Crippen molar-refractivity contribution in [3.8, 4) is 0 Å². The molecule has 0 bridgehead atoms. The monoisotopic (exact) mass is 367 g/mol. The third kappa shape index (κ3) is 3.24. The third-order valence-electron chi connectivity index (χ3n) is 5.69. The summed E-state index contributed by atoms with van der Waals surface area (Å²) in [4.78, 5) is 15.1. The van der Waals surface area contributed by atoms with E-state index in [-0.39, 0.29) is 10.8 Å². The second-order valence-electron chi connectivity index (χ2n) is 7.25. The number of aromatic nitrogens is 1. The molecule has 0 saturated carbocycles. The van der Waals surface area contributed by atoms with Gasteiger partial charge in [-0.15, -0.1) is 0 Å². The fourth-order valence-electron chi connectivity index (χ4n) is 3.97. The number of likely N-dealkylation sites (tertiary alicyclic amines) is 1. The van der Waals surface area contributed by atoms with Gasteiger partial charge in [-0.2, -0.15) is 4.31 Å². The lowest BCUT2D eigenvalue weighted by atomic mass is 10.2. The van der Waals surface area contributed by atoms with Gasteiger partial charge in [-0.25, -0.2) is 8.42 Å². The number of hydrogen-bond donors (Lipinski definition) is 0. The second kappa shape index (κ2) is 7.11. The molecule has 6 nitrogen and oxygen atoms in total. The average molecular weight is 368 g/mol. The van der Waals surface area contributed by atoms with E-state index in [1.807, 2.05) is 18.5 Å². The Balaban J connectivity index is 2.08. The van der Waals surface area contributed by atoms with Crippen molar-refractivity contribution in [3.05, 3.63) is 17.0 Å². The zero-order chi connectivity index (χ0) is 18.2. The summed E-state index contributed by atoms with van der Waals surface area (Å²) in [5.74, 6) is -0.132. The fraction of sp³-hybridized carbons (Fsp3) is 0.722. The number of amides is 1. The molecule has 0 aromatic carbocycles. The van der Waals surface area contributed by atoms with Crippen molar-refractivity contribution in [2.45, 2.75) is 57.3 Å². The van der Waals surface area contributed by atoms with Crippen LogP contribution in [0.4, 0.5) is 0 Å². The van der Waals surface area contributed by atoms with Crippen LogP contribution in [0, 0.1) is 13.8 Å². The van der Waals surface area contributed by atoms with Gasteiger partial charge in [0.15, 0.2) is 0 Å². The molecule has 1 aromatic rings. The van der Waals surface area contributed by atoms with E-state index in [2.05, 4.69) is 0 Å². The van der Waals surface area contributed by atoms with Crippen LogP contribution in [0.5, 0.6) is 0 Å². The number of carbonyl (C=O) groups is 1. The van der Waals surface area contributed by atoms with Crippen LogP contribution in [0.2, 0.25) is 0 Å². The molecule has 2 aliphatic rings. The Morgan fingerprint density at radius 2 is 1.36 bits per heavy atom. The minimum atomic E-state index is -3.66. The lowest BCUT2D eigenvalue weighted by molar-refractivity contribution is 0.0788. The average Bonchev–Trinajstić information content (AvgIpc) is 3.07. The van der Waals surface area contributed by atoms with Gasteiger partial charge in [-0.3, -0.25) is 4.79 Å². The van der Waals surface area contributed by atoms with Crippen LogP contribution in [-0.4, -0.2) is 54.3 Å². The highest BCUT2D eigenvalue weighted by atomic mass is 32.2. The first-order chi connectivity index (χ1) is 11.9. The Kier molecular flexibility index (Phi) is 5.25. The summed E-state index contributed by atoms with van der Waals surface area (Å²) in [6.45, 7) is 6.18. The minimum absolute atomic E-state index is 0.132. The lowest BCUT2D eigenvalue weighted by Crippen LogP contribution is -2.35. The van der Waals surface area contributed by atoms with Crippen molar-refractivity contribution in [2.24, 2.45) is 7.05 Å². The van der Waals surface area contributed by atoms with E-state index in [9.17, 15) is 13.2 Å². The van der Waals surface area contributed by atoms with Gasteiger partial charge in [0.2, 0.25) is 10.0 Å². The van der Waals surface area contributed by atoms with Crippen molar-refractivity contribution in [1.29, 1.82) is 0 Å². The van der Waals surface area contributed by atoms with Gasteiger partial charge in [0, 0.05) is 44.6 Å². The molecule has 1 amide bonds. The van der Waals surface area contributed by atoms with Crippen molar-refractivity contribution in [1.82, 2.24) is 13.8 Å². The standard InChI is InChI=1S/C18H29N3O3S/c1-14-16(18(22)20-10-8-9-11-20)17(15(2)19(14)3)25(23,24)21-12-6-4-5-7-13-21/h4-13H2,1-3H3. The smallest absolute Gasteiger partial charge is 0.257 e. The predicted octanol–water partition coefficient (Wildman–Crippen LogP) is 2.44. The summed E-state index contributed by atoms with van der Waals surface area (Å²) in [6, 6.07) is 0. The maximum atomic E-state index is 13.4. The number of rotatable bonds is 3. The molecule has 25 heavy (non-hydrogen) atoms. The number of sulfonamides is 1. The van der Waals surface area contributed by atoms with Crippen LogP contribution in [0.3, 0.4) is 0 Å². The van der Waals surface area contributed by atoms with Gasteiger partial charge < -0.3 is 9.47 Å². The number of hydrogen-bond acceptors (Lipinski definition) is 3. The molecule has 140 valence electrons. The lowest BCUT2D eigenvalue weighted by Gasteiger charge is -2.22. The Morgan fingerprint density at radius 1 is 0.840 bits per heavy atom. The van der Waals surface area contributed by atoms with E-state index in [1.54, 1.807) is 16.1 Å². The molecule has 3 heterocycles. The molecular formula is C18H29N3O3S. The van der Waals surface area contributed by atoms with Crippen molar-refractivity contribution < 1.29 is 13.2 Å². The minimum Gasteiger partial charge on any atom is -0.350 e. The third-order valence-corrected chi connectivity index (χ3v) is 7.75. The highest BCUT2D eigenvalue weighted by Crippen LogP contribution is 2.31. The molecule has 3 rings (SSSR count). The summed E-state index contributed by atoms with van der Waals surface area (Å²) in [5, 5.41) is 0. The van der Waals surface area contributed by atoms with Gasteiger partial charge in [-0.05, 0) is 39.5 Å². The van der Waals surface area contributed by atoms with E-state index in [4.69, 9.17) is 0 Å². The molecule has 7 heteroatoms. The molecule has 0 spiro atoms.